The van der Waals surface area contributed by atoms with Crippen LogP contribution in [0.15, 0.2) is 24.3 Å². The third-order valence-electron chi connectivity index (χ3n) is 2.91. The number of carbonyl (C=O) groups excluding carboxylic acids is 1. The fourth-order valence-corrected chi connectivity index (χ4v) is 1.68. The first-order valence-corrected chi connectivity index (χ1v) is 6.25. The van der Waals surface area contributed by atoms with Crippen molar-refractivity contribution in [2.24, 2.45) is 5.92 Å². The molecule has 1 aromatic carbocycles. The molecular weight excluding hydrogens is 244 g/mol. The molecule has 0 fully saturated rings. The third-order valence-corrected chi connectivity index (χ3v) is 2.91. The molecule has 1 unspecified atom stereocenters. The number of rotatable bonds is 5. The normalized spacial score (nSPS) is 12.0. The molecule has 1 atom stereocenters. The summed E-state index contributed by atoms with van der Waals surface area (Å²) in [6.45, 7) is 5.65. The van der Waals surface area contributed by atoms with Gasteiger partial charge in [-0.05, 0) is 24.5 Å². The smallest absolute Gasteiger partial charge is 0.319 e. The molecular formula is C14H20N2O3. The molecule has 3 N–H and O–H groups in total. The summed E-state index contributed by atoms with van der Waals surface area (Å²) in [4.78, 5) is 22.6. The monoisotopic (exact) mass is 264 g/mol. The van der Waals surface area contributed by atoms with Crippen LogP contribution in [-0.2, 0) is 4.79 Å². The van der Waals surface area contributed by atoms with Gasteiger partial charge < -0.3 is 15.7 Å². The van der Waals surface area contributed by atoms with Gasteiger partial charge in [-0.25, -0.2) is 4.79 Å². The van der Waals surface area contributed by atoms with E-state index < -0.39 is 5.97 Å². The Hall–Kier alpha value is -2.04. The van der Waals surface area contributed by atoms with Crippen LogP contribution < -0.4 is 10.6 Å². The molecule has 1 rings (SSSR count). The number of benzene rings is 1. The summed E-state index contributed by atoms with van der Waals surface area (Å²) in [6, 6.07) is 6.65. The molecule has 0 radical (unpaired) electrons. The van der Waals surface area contributed by atoms with Gasteiger partial charge in [0.05, 0.1) is 6.42 Å². The highest BCUT2D eigenvalue weighted by Crippen LogP contribution is 2.13. The predicted octanol–water partition coefficient (Wildman–Crippen LogP) is 2.62. The van der Waals surface area contributed by atoms with Crippen LogP contribution in [0.1, 0.15) is 25.8 Å². The molecule has 0 aromatic heterocycles. The summed E-state index contributed by atoms with van der Waals surface area (Å²) in [7, 11) is 0. The number of para-hydroxylation sites is 1. The van der Waals surface area contributed by atoms with Gasteiger partial charge in [0.1, 0.15) is 0 Å². The van der Waals surface area contributed by atoms with Crippen LogP contribution in [0.4, 0.5) is 10.5 Å². The average Bonchev–Trinajstić information content (AvgIpc) is 2.30. The number of carbonyl (C=O) groups is 2. The second kappa shape index (κ2) is 6.78. The SMILES string of the molecule is Cc1ccccc1NC(=O)NC(CC(=O)O)C(C)C. The minimum absolute atomic E-state index is 0.0544. The first-order valence-electron chi connectivity index (χ1n) is 6.25. The van der Waals surface area contributed by atoms with Gasteiger partial charge in [0.15, 0.2) is 0 Å². The second-order valence-corrected chi connectivity index (χ2v) is 4.86. The van der Waals surface area contributed by atoms with Gasteiger partial charge in [-0.1, -0.05) is 32.0 Å². The fourth-order valence-electron chi connectivity index (χ4n) is 1.68. The number of aryl methyl sites for hydroxylation is 1. The number of aliphatic carboxylic acids is 1. The number of carboxylic acids is 1. The van der Waals surface area contributed by atoms with Gasteiger partial charge in [-0.15, -0.1) is 0 Å². The van der Waals surface area contributed by atoms with E-state index in [0.29, 0.717) is 0 Å². The number of urea groups is 1. The predicted molar refractivity (Wildman–Crippen MR) is 74.2 cm³/mol. The van der Waals surface area contributed by atoms with E-state index in [0.717, 1.165) is 11.3 Å². The van der Waals surface area contributed by atoms with Crippen molar-refractivity contribution >= 4 is 17.7 Å². The van der Waals surface area contributed by atoms with Gasteiger partial charge in [0, 0.05) is 11.7 Å². The highest BCUT2D eigenvalue weighted by atomic mass is 16.4. The Morgan fingerprint density at radius 3 is 2.42 bits per heavy atom. The molecule has 0 saturated heterocycles. The van der Waals surface area contributed by atoms with Gasteiger partial charge in [-0.2, -0.15) is 0 Å². The van der Waals surface area contributed by atoms with Gasteiger partial charge >= 0.3 is 12.0 Å². The van der Waals surface area contributed by atoms with E-state index in [9.17, 15) is 9.59 Å². The van der Waals surface area contributed by atoms with Gasteiger partial charge in [-0.3, -0.25) is 4.79 Å². The maximum atomic E-state index is 11.8. The zero-order valence-electron chi connectivity index (χ0n) is 11.4. The summed E-state index contributed by atoms with van der Waals surface area (Å²) in [6.07, 6.45) is -0.0845. The van der Waals surface area contributed by atoms with Crippen molar-refractivity contribution in [1.29, 1.82) is 0 Å². The highest BCUT2D eigenvalue weighted by Gasteiger charge is 2.19. The zero-order chi connectivity index (χ0) is 14.4. The molecule has 0 aliphatic rings. The zero-order valence-corrected chi connectivity index (χ0v) is 11.4. The molecule has 2 amide bonds. The standard InChI is InChI=1S/C14H20N2O3/c1-9(2)12(8-13(17)18)16-14(19)15-11-7-5-4-6-10(11)3/h4-7,9,12H,8H2,1-3H3,(H,17,18)(H2,15,16,19). The van der Waals surface area contributed by atoms with Crippen LogP contribution in [0.25, 0.3) is 0 Å². The summed E-state index contributed by atoms with van der Waals surface area (Å²) in [5, 5.41) is 14.2. The fraction of sp³-hybridized carbons (Fsp3) is 0.429. The molecule has 0 bridgehead atoms. The van der Waals surface area contributed by atoms with Crippen molar-refractivity contribution in [3.05, 3.63) is 29.8 Å². The van der Waals surface area contributed by atoms with Crippen LogP contribution in [0.2, 0.25) is 0 Å². The van der Waals surface area contributed by atoms with Gasteiger partial charge in [0.2, 0.25) is 0 Å². The number of amides is 2. The van der Waals surface area contributed by atoms with E-state index in [1.165, 1.54) is 0 Å². The highest BCUT2D eigenvalue weighted by molar-refractivity contribution is 5.90. The number of anilines is 1. The number of hydrogen-bond donors (Lipinski definition) is 3. The minimum atomic E-state index is -0.921. The van der Waals surface area contributed by atoms with Crippen molar-refractivity contribution < 1.29 is 14.7 Å². The number of hydrogen-bond acceptors (Lipinski definition) is 2. The molecule has 104 valence electrons. The lowest BCUT2D eigenvalue weighted by Gasteiger charge is -2.21. The number of nitrogens with one attached hydrogen (secondary N) is 2. The molecule has 5 nitrogen and oxygen atoms in total. The summed E-state index contributed by atoms with van der Waals surface area (Å²) >= 11 is 0. The molecule has 0 heterocycles. The molecule has 19 heavy (non-hydrogen) atoms. The quantitative estimate of drug-likeness (QED) is 0.765. The van der Waals surface area contributed by atoms with Crippen molar-refractivity contribution in [2.45, 2.75) is 33.2 Å². The Labute approximate surface area is 113 Å². The summed E-state index contributed by atoms with van der Waals surface area (Å²) in [5.41, 5.74) is 1.68. The lowest BCUT2D eigenvalue weighted by molar-refractivity contribution is -0.137. The topological polar surface area (TPSA) is 78.4 Å². The van der Waals surface area contributed by atoms with Crippen LogP contribution in [-0.4, -0.2) is 23.1 Å². The molecule has 0 spiro atoms. The Morgan fingerprint density at radius 2 is 1.89 bits per heavy atom. The Morgan fingerprint density at radius 1 is 1.26 bits per heavy atom. The Kier molecular flexibility index (Phi) is 5.36. The van der Waals surface area contributed by atoms with Crippen molar-refractivity contribution in [3.63, 3.8) is 0 Å². The van der Waals surface area contributed by atoms with Crippen LogP contribution >= 0.6 is 0 Å². The van der Waals surface area contributed by atoms with E-state index in [2.05, 4.69) is 10.6 Å². The summed E-state index contributed by atoms with van der Waals surface area (Å²) in [5.74, 6) is -0.867. The summed E-state index contributed by atoms with van der Waals surface area (Å²) < 4.78 is 0. The Bertz CT molecular complexity index is 458. The van der Waals surface area contributed by atoms with Gasteiger partial charge in [0.25, 0.3) is 0 Å². The first-order chi connectivity index (χ1) is 8.90. The lowest BCUT2D eigenvalue weighted by atomic mass is 10.0. The molecule has 1 aromatic rings. The van der Waals surface area contributed by atoms with Crippen molar-refractivity contribution in [1.82, 2.24) is 5.32 Å². The third kappa shape index (κ3) is 4.99. The molecule has 0 aliphatic heterocycles. The van der Waals surface area contributed by atoms with E-state index >= 15 is 0 Å². The number of carboxylic acid groups (broad SMARTS) is 1. The first kappa shape index (κ1) is 15.0. The molecule has 0 aliphatic carbocycles. The van der Waals surface area contributed by atoms with Crippen LogP contribution in [0.5, 0.6) is 0 Å². The Balaban J connectivity index is 2.63. The maximum Gasteiger partial charge on any atom is 0.319 e. The van der Waals surface area contributed by atoms with Crippen molar-refractivity contribution in [2.75, 3.05) is 5.32 Å². The second-order valence-electron chi connectivity index (χ2n) is 4.86. The van der Waals surface area contributed by atoms with E-state index in [1.54, 1.807) is 6.07 Å². The average molecular weight is 264 g/mol. The molecule has 0 saturated carbocycles. The largest absolute Gasteiger partial charge is 0.481 e. The maximum absolute atomic E-state index is 11.8. The van der Waals surface area contributed by atoms with Crippen molar-refractivity contribution in [3.8, 4) is 0 Å². The van der Waals surface area contributed by atoms with Crippen LogP contribution in [0.3, 0.4) is 0 Å². The minimum Gasteiger partial charge on any atom is -0.481 e. The van der Waals surface area contributed by atoms with E-state index in [4.69, 9.17) is 5.11 Å². The van der Waals surface area contributed by atoms with E-state index in [-0.39, 0.29) is 24.4 Å². The molecule has 5 heteroatoms. The van der Waals surface area contributed by atoms with E-state index in [1.807, 2.05) is 39.0 Å². The van der Waals surface area contributed by atoms with Crippen LogP contribution in [0, 0.1) is 12.8 Å². The lowest BCUT2D eigenvalue weighted by Crippen LogP contribution is -2.42.